The molecule has 114 valence electrons. The van der Waals surface area contributed by atoms with Crippen LogP contribution >= 0.6 is 15.9 Å². The van der Waals surface area contributed by atoms with Crippen molar-refractivity contribution < 1.29 is 19.4 Å². The lowest BCUT2D eigenvalue weighted by atomic mass is 10.0. The summed E-state index contributed by atoms with van der Waals surface area (Å²) in [6.45, 7) is 3.35. The van der Waals surface area contributed by atoms with Gasteiger partial charge in [0.25, 0.3) is 0 Å². The molecular formula is C14H17BrN2O4. The molecule has 1 heterocycles. The van der Waals surface area contributed by atoms with Crippen molar-refractivity contribution in [3.8, 4) is 0 Å². The second-order valence-electron chi connectivity index (χ2n) is 5.01. The molecule has 1 aliphatic rings. The zero-order chi connectivity index (χ0) is 15.4. The molecule has 2 rings (SSSR count). The van der Waals surface area contributed by atoms with Gasteiger partial charge in [-0.3, -0.25) is 0 Å². The van der Waals surface area contributed by atoms with Crippen LogP contribution in [0.4, 0.5) is 10.5 Å². The van der Waals surface area contributed by atoms with Crippen LogP contribution < -0.4 is 10.6 Å². The Morgan fingerprint density at radius 1 is 1.48 bits per heavy atom. The molecule has 1 aliphatic heterocycles. The van der Waals surface area contributed by atoms with Crippen molar-refractivity contribution in [2.24, 2.45) is 5.92 Å². The summed E-state index contributed by atoms with van der Waals surface area (Å²) in [5.74, 6) is -0.685. The smallest absolute Gasteiger partial charge is 0.335 e. The summed E-state index contributed by atoms with van der Waals surface area (Å²) < 4.78 is 5.82. The lowest BCUT2D eigenvalue weighted by Crippen LogP contribution is -2.40. The molecule has 1 aromatic rings. The molecular weight excluding hydrogens is 340 g/mol. The van der Waals surface area contributed by atoms with E-state index in [0.717, 1.165) is 13.0 Å². The Labute approximate surface area is 131 Å². The fourth-order valence-corrected chi connectivity index (χ4v) is 2.66. The molecule has 2 amide bonds. The maximum Gasteiger partial charge on any atom is 0.335 e. The van der Waals surface area contributed by atoms with E-state index in [9.17, 15) is 9.59 Å². The minimum absolute atomic E-state index is 0.0181. The van der Waals surface area contributed by atoms with Crippen molar-refractivity contribution in [1.82, 2.24) is 5.32 Å². The van der Waals surface area contributed by atoms with E-state index < -0.39 is 5.97 Å². The number of benzene rings is 1. The second kappa shape index (κ2) is 6.91. The van der Waals surface area contributed by atoms with Crippen LogP contribution in [-0.4, -0.2) is 36.4 Å². The number of urea groups is 1. The van der Waals surface area contributed by atoms with Gasteiger partial charge in [0.2, 0.25) is 0 Å². The molecule has 1 fully saturated rings. The van der Waals surface area contributed by atoms with Gasteiger partial charge < -0.3 is 20.5 Å². The van der Waals surface area contributed by atoms with Crippen LogP contribution in [0, 0.1) is 5.92 Å². The Bertz CT molecular complexity index is 544. The van der Waals surface area contributed by atoms with E-state index >= 15 is 0 Å². The van der Waals surface area contributed by atoms with Crippen LogP contribution in [0.3, 0.4) is 0 Å². The Kier molecular flexibility index (Phi) is 5.19. The number of ether oxygens (including phenoxy) is 1. The minimum atomic E-state index is -1.01. The quantitative estimate of drug-likeness (QED) is 0.773. The summed E-state index contributed by atoms with van der Waals surface area (Å²) in [6, 6.07) is 4.14. The average molecular weight is 357 g/mol. The van der Waals surface area contributed by atoms with Gasteiger partial charge in [0.15, 0.2) is 0 Å². The number of hydrogen-bond donors (Lipinski definition) is 3. The zero-order valence-corrected chi connectivity index (χ0v) is 13.1. The van der Waals surface area contributed by atoms with Crippen LogP contribution in [0.2, 0.25) is 0 Å². The first-order chi connectivity index (χ1) is 9.97. The average Bonchev–Trinajstić information content (AvgIpc) is 2.94. The Hall–Kier alpha value is -1.60. The third-order valence-electron chi connectivity index (χ3n) is 3.50. The first-order valence-electron chi connectivity index (χ1n) is 6.65. The van der Waals surface area contributed by atoms with E-state index in [0.29, 0.717) is 22.7 Å². The minimum Gasteiger partial charge on any atom is -0.478 e. The molecule has 1 saturated heterocycles. The summed E-state index contributed by atoms with van der Waals surface area (Å²) >= 11 is 3.25. The van der Waals surface area contributed by atoms with Crippen molar-refractivity contribution in [3.63, 3.8) is 0 Å². The summed E-state index contributed by atoms with van der Waals surface area (Å²) in [4.78, 5) is 22.8. The third-order valence-corrected chi connectivity index (χ3v) is 4.15. The molecule has 21 heavy (non-hydrogen) atoms. The number of anilines is 1. The molecule has 2 unspecified atom stereocenters. The maximum absolute atomic E-state index is 12.0. The molecule has 0 aliphatic carbocycles. The van der Waals surface area contributed by atoms with Gasteiger partial charge in [-0.05, 0) is 47.5 Å². The number of carbonyl (C=O) groups excluding carboxylic acids is 1. The van der Waals surface area contributed by atoms with Gasteiger partial charge in [-0.15, -0.1) is 0 Å². The van der Waals surface area contributed by atoms with E-state index in [-0.39, 0.29) is 17.6 Å². The maximum atomic E-state index is 12.0. The van der Waals surface area contributed by atoms with Gasteiger partial charge in [0.05, 0.1) is 17.9 Å². The number of rotatable bonds is 4. The van der Waals surface area contributed by atoms with E-state index in [4.69, 9.17) is 9.84 Å². The Morgan fingerprint density at radius 2 is 2.24 bits per heavy atom. The highest BCUT2D eigenvalue weighted by Crippen LogP contribution is 2.24. The molecule has 1 aromatic carbocycles. The number of halogens is 1. The van der Waals surface area contributed by atoms with Crippen LogP contribution in [0.25, 0.3) is 0 Å². The summed E-state index contributed by atoms with van der Waals surface area (Å²) in [5.41, 5.74) is 0.677. The highest BCUT2D eigenvalue weighted by molar-refractivity contribution is 9.10. The lowest BCUT2D eigenvalue weighted by molar-refractivity contribution is 0.0697. The fraction of sp³-hybridized carbons (Fsp3) is 0.429. The fourth-order valence-electron chi connectivity index (χ4n) is 2.18. The topological polar surface area (TPSA) is 87.7 Å². The third kappa shape index (κ3) is 4.18. The Balaban J connectivity index is 1.94. The van der Waals surface area contributed by atoms with E-state index in [2.05, 4.69) is 26.6 Å². The second-order valence-corrected chi connectivity index (χ2v) is 5.86. The summed E-state index contributed by atoms with van der Waals surface area (Å²) in [6.07, 6.45) is 0.943. The van der Waals surface area contributed by atoms with Crippen LogP contribution in [0.15, 0.2) is 22.7 Å². The molecule has 0 radical (unpaired) electrons. The van der Waals surface area contributed by atoms with Gasteiger partial charge in [0.1, 0.15) is 0 Å². The standard InChI is InChI=1S/C14H17BrN2O4/c1-8(10-4-5-21-7-10)16-14(20)17-12-3-2-9(13(18)19)6-11(12)15/h2-3,6,8,10H,4-5,7H2,1H3,(H,18,19)(H2,16,17,20). The van der Waals surface area contributed by atoms with Crippen LogP contribution in [0.5, 0.6) is 0 Å². The highest BCUT2D eigenvalue weighted by atomic mass is 79.9. The number of carboxylic acids is 1. The number of aromatic carboxylic acids is 1. The van der Waals surface area contributed by atoms with E-state index in [1.54, 1.807) is 6.07 Å². The molecule has 0 saturated carbocycles. The predicted molar refractivity (Wildman–Crippen MR) is 81.6 cm³/mol. The highest BCUT2D eigenvalue weighted by Gasteiger charge is 2.23. The van der Waals surface area contributed by atoms with E-state index in [1.165, 1.54) is 12.1 Å². The number of hydrogen-bond acceptors (Lipinski definition) is 3. The largest absolute Gasteiger partial charge is 0.478 e. The van der Waals surface area contributed by atoms with Gasteiger partial charge in [-0.1, -0.05) is 0 Å². The summed E-state index contributed by atoms with van der Waals surface area (Å²) in [5, 5.41) is 14.5. The molecule has 0 aromatic heterocycles. The van der Waals surface area contributed by atoms with Gasteiger partial charge in [0, 0.05) is 23.0 Å². The lowest BCUT2D eigenvalue weighted by Gasteiger charge is -2.19. The first kappa shape index (κ1) is 15.8. The molecule has 0 bridgehead atoms. The molecule has 6 nitrogen and oxygen atoms in total. The zero-order valence-electron chi connectivity index (χ0n) is 11.6. The number of carbonyl (C=O) groups is 2. The predicted octanol–water partition coefficient (Wildman–Crippen LogP) is 2.69. The molecule has 3 N–H and O–H groups in total. The van der Waals surface area contributed by atoms with Crippen molar-refractivity contribution in [2.45, 2.75) is 19.4 Å². The number of nitrogens with one attached hydrogen (secondary N) is 2. The SMILES string of the molecule is CC(NC(=O)Nc1ccc(C(=O)O)cc1Br)C1CCOC1. The molecule has 0 spiro atoms. The number of amides is 2. The molecule has 7 heteroatoms. The van der Waals surface area contributed by atoms with Crippen molar-refractivity contribution >= 4 is 33.6 Å². The Morgan fingerprint density at radius 3 is 2.81 bits per heavy atom. The van der Waals surface area contributed by atoms with Gasteiger partial charge in [-0.2, -0.15) is 0 Å². The van der Waals surface area contributed by atoms with Crippen LogP contribution in [0.1, 0.15) is 23.7 Å². The first-order valence-corrected chi connectivity index (χ1v) is 7.45. The monoisotopic (exact) mass is 356 g/mol. The normalized spacial score (nSPS) is 19.0. The number of carboxylic acid groups (broad SMARTS) is 1. The van der Waals surface area contributed by atoms with Gasteiger partial charge in [-0.25, -0.2) is 9.59 Å². The molecule has 2 atom stereocenters. The van der Waals surface area contributed by atoms with Crippen molar-refractivity contribution in [2.75, 3.05) is 18.5 Å². The van der Waals surface area contributed by atoms with Gasteiger partial charge >= 0.3 is 12.0 Å². The van der Waals surface area contributed by atoms with Crippen molar-refractivity contribution in [1.29, 1.82) is 0 Å². The van der Waals surface area contributed by atoms with E-state index in [1.807, 2.05) is 6.92 Å². The van der Waals surface area contributed by atoms with Crippen LogP contribution in [-0.2, 0) is 4.74 Å². The summed E-state index contributed by atoms with van der Waals surface area (Å²) in [7, 11) is 0. The van der Waals surface area contributed by atoms with Crippen molar-refractivity contribution in [3.05, 3.63) is 28.2 Å².